The summed E-state index contributed by atoms with van der Waals surface area (Å²) in [6.07, 6.45) is 9.18. The van der Waals surface area contributed by atoms with E-state index in [2.05, 4.69) is 33.7 Å². The monoisotopic (exact) mass is 399 g/mol. The van der Waals surface area contributed by atoms with Gasteiger partial charge in [-0.05, 0) is 44.4 Å². The zero-order chi connectivity index (χ0) is 21.5. The number of benzene rings is 1. The fraction of sp³-hybridized carbons (Fsp3) is 0.250. The molecule has 1 aromatic carbocycles. The van der Waals surface area contributed by atoms with Crippen LogP contribution in [-0.4, -0.2) is 26.1 Å². The minimum atomic E-state index is -0.164. The van der Waals surface area contributed by atoms with Crippen molar-refractivity contribution < 1.29 is 0 Å². The van der Waals surface area contributed by atoms with Crippen molar-refractivity contribution in [3.63, 3.8) is 0 Å². The first-order chi connectivity index (χ1) is 14.5. The van der Waals surface area contributed by atoms with Crippen molar-refractivity contribution in [1.82, 2.24) is 24.8 Å². The second-order valence-corrected chi connectivity index (χ2v) is 6.89. The van der Waals surface area contributed by atoms with Crippen LogP contribution in [0.5, 0.6) is 0 Å². The van der Waals surface area contributed by atoms with Gasteiger partial charge in [-0.1, -0.05) is 30.7 Å². The largest absolute Gasteiger partial charge is 0.307 e. The van der Waals surface area contributed by atoms with Crippen molar-refractivity contribution in [1.29, 1.82) is 0 Å². The number of nitrogens with one attached hydrogen (secondary N) is 1. The predicted molar refractivity (Wildman–Crippen MR) is 121 cm³/mol. The fourth-order valence-corrected chi connectivity index (χ4v) is 3.21. The maximum Gasteiger partial charge on any atom is 0.266 e. The quantitative estimate of drug-likeness (QED) is 0.389. The zero-order valence-corrected chi connectivity index (χ0v) is 17.5. The number of fused-ring (bicyclic) bond motifs is 1. The molecule has 0 aliphatic carbocycles. The molecule has 0 amide bonds. The van der Waals surface area contributed by atoms with Gasteiger partial charge in [-0.25, -0.2) is 9.97 Å². The van der Waals surface area contributed by atoms with Crippen molar-refractivity contribution in [2.75, 3.05) is 6.54 Å². The van der Waals surface area contributed by atoms with Gasteiger partial charge in [-0.15, -0.1) is 0 Å². The molecule has 0 aliphatic heterocycles. The third-order valence-corrected chi connectivity index (χ3v) is 4.65. The molecule has 1 unspecified atom stereocenters. The van der Waals surface area contributed by atoms with Crippen LogP contribution in [0.25, 0.3) is 16.6 Å². The molecule has 152 valence electrons. The van der Waals surface area contributed by atoms with Gasteiger partial charge in [0.1, 0.15) is 11.5 Å². The molecule has 0 bridgehead atoms. The Morgan fingerprint density at radius 3 is 2.93 bits per heavy atom. The van der Waals surface area contributed by atoms with Crippen LogP contribution in [0, 0.1) is 18.8 Å². The van der Waals surface area contributed by atoms with Crippen LogP contribution in [0.3, 0.4) is 0 Å². The Morgan fingerprint density at radius 2 is 2.20 bits per heavy atom. The molecule has 0 aliphatic rings. The van der Waals surface area contributed by atoms with E-state index in [-0.39, 0.29) is 11.6 Å². The summed E-state index contributed by atoms with van der Waals surface area (Å²) in [5, 5.41) is 4.02. The molecule has 0 saturated heterocycles. The van der Waals surface area contributed by atoms with Crippen LogP contribution in [0.1, 0.15) is 43.4 Å². The van der Waals surface area contributed by atoms with Crippen molar-refractivity contribution in [3.8, 4) is 11.8 Å². The molecule has 3 aromatic rings. The van der Waals surface area contributed by atoms with Gasteiger partial charge in [0, 0.05) is 31.1 Å². The molecule has 30 heavy (non-hydrogen) atoms. The van der Waals surface area contributed by atoms with Gasteiger partial charge >= 0.3 is 0 Å². The Hall–Kier alpha value is -3.56. The second kappa shape index (κ2) is 9.77. The average molecular weight is 399 g/mol. The number of aryl methyl sites for hydroxylation is 1. The molecule has 2 heterocycles. The molecule has 1 N–H and O–H groups in total. The van der Waals surface area contributed by atoms with E-state index >= 15 is 0 Å². The number of aromatic nitrogens is 4. The molecule has 6 heteroatoms. The average Bonchev–Trinajstić information content (AvgIpc) is 2.74. The molecule has 0 fully saturated rings. The number of nitrogens with zero attached hydrogens (tertiary/aromatic N) is 4. The highest BCUT2D eigenvalue weighted by atomic mass is 16.1. The number of rotatable bonds is 6. The molecule has 0 spiro atoms. The van der Waals surface area contributed by atoms with Gasteiger partial charge in [0.15, 0.2) is 0 Å². The number of hydrogen-bond acceptors (Lipinski definition) is 5. The molecule has 3 rings (SSSR count). The highest BCUT2D eigenvalue weighted by molar-refractivity contribution is 5.82. The summed E-state index contributed by atoms with van der Waals surface area (Å²) in [5.41, 5.74) is 2.72. The summed E-state index contributed by atoms with van der Waals surface area (Å²) >= 11 is 0. The number of allylic oxidation sites excluding steroid dienone is 3. The summed E-state index contributed by atoms with van der Waals surface area (Å²) in [6.45, 7) is 10.5. The van der Waals surface area contributed by atoms with Crippen LogP contribution in [0.15, 0.2) is 60.3 Å². The Bertz CT molecular complexity index is 1200. The predicted octanol–water partition coefficient (Wildman–Crippen LogP) is 3.63. The van der Waals surface area contributed by atoms with E-state index < -0.39 is 0 Å². The molecule has 1 atom stereocenters. The lowest BCUT2D eigenvalue weighted by molar-refractivity contribution is 0.543. The summed E-state index contributed by atoms with van der Waals surface area (Å²) in [6, 6.07) is 5.54. The minimum Gasteiger partial charge on any atom is -0.307 e. The Morgan fingerprint density at radius 1 is 1.37 bits per heavy atom. The van der Waals surface area contributed by atoms with Gasteiger partial charge < -0.3 is 5.32 Å². The standard InChI is InChI=1S/C24H25N5O/c1-5-9-18(3)29-23(28-21-12-8-10-17(2)22(21)24(29)30)19(4)26-13-7-6-11-20-16-25-14-15-27-20/h5,8-10,12,14-16,19,26H,3,7,13H2,1-2,4H3. The van der Waals surface area contributed by atoms with Crippen molar-refractivity contribution in [2.24, 2.45) is 0 Å². The first kappa shape index (κ1) is 21.2. The first-order valence-electron chi connectivity index (χ1n) is 9.85. The molecule has 2 aromatic heterocycles. The lowest BCUT2D eigenvalue weighted by atomic mass is 10.1. The highest BCUT2D eigenvalue weighted by Gasteiger charge is 2.18. The summed E-state index contributed by atoms with van der Waals surface area (Å²) in [7, 11) is 0. The normalized spacial score (nSPS) is 12.0. The van der Waals surface area contributed by atoms with Crippen LogP contribution < -0.4 is 10.9 Å². The fourth-order valence-electron chi connectivity index (χ4n) is 3.21. The highest BCUT2D eigenvalue weighted by Crippen LogP contribution is 2.19. The molecule has 0 radical (unpaired) electrons. The van der Waals surface area contributed by atoms with E-state index in [9.17, 15) is 4.79 Å². The minimum absolute atomic E-state index is 0.104. The van der Waals surface area contributed by atoms with Crippen LogP contribution in [0.4, 0.5) is 0 Å². The first-order valence-corrected chi connectivity index (χ1v) is 9.85. The van der Waals surface area contributed by atoms with Crippen LogP contribution >= 0.6 is 0 Å². The molecular formula is C24H25N5O. The van der Waals surface area contributed by atoms with Gasteiger partial charge in [0.25, 0.3) is 5.56 Å². The topological polar surface area (TPSA) is 72.7 Å². The lowest BCUT2D eigenvalue weighted by Gasteiger charge is -2.20. The van der Waals surface area contributed by atoms with Crippen LogP contribution in [0.2, 0.25) is 0 Å². The zero-order valence-electron chi connectivity index (χ0n) is 17.5. The second-order valence-electron chi connectivity index (χ2n) is 6.89. The van der Waals surface area contributed by atoms with E-state index in [4.69, 9.17) is 4.98 Å². The molecule has 0 saturated carbocycles. The van der Waals surface area contributed by atoms with Gasteiger partial charge in [0.2, 0.25) is 0 Å². The van der Waals surface area contributed by atoms with E-state index in [1.807, 2.05) is 51.1 Å². The smallest absolute Gasteiger partial charge is 0.266 e. The summed E-state index contributed by atoms with van der Waals surface area (Å²) in [4.78, 5) is 26.2. The Kier molecular flexibility index (Phi) is 6.89. The third-order valence-electron chi connectivity index (χ3n) is 4.65. The molecule has 6 nitrogen and oxygen atoms in total. The van der Waals surface area contributed by atoms with E-state index in [0.29, 0.717) is 41.1 Å². The van der Waals surface area contributed by atoms with E-state index in [0.717, 1.165) is 5.56 Å². The maximum atomic E-state index is 13.3. The SMILES string of the molecule is C=C(C=CC)n1c(C(C)NCCC#Cc2cnccn2)nc2cccc(C)c2c1=O. The Labute approximate surface area is 176 Å². The van der Waals surface area contributed by atoms with Crippen LogP contribution in [-0.2, 0) is 0 Å². The van der Waals surface area contributed by atoms with Crippen molar-refractivity contribution in [3.05, 3.63) is 83.0 Å². The lowest BCUT2D eigenvalue weighted by Crippen LogP contribution is -2.31. The van der Waals surface area contributed by atoms with E-state index in [1.165, 1.54) is 0 Å². The summed E-state index contributed by atoms with van der Waals surface area (Å²) < 4.78 is 1.60. The van der Waals surface area contributed by atoms with Gasteiger partial charge in [-0.2, -0.15) is 0 Å². The third kappa shape index (κ3) is 4.70. The van der Waals surface area contributed by atoms with Gasteiger partial charge in [0.05, 0.1) is 23.1 Å². The van der Waals surface area contributed by atoms with E-state index in [1.54, 1.807) is 23.2 Å². The number of hydrogen-bond donors (Lipinski definition) is 1. The maximum absolute atomic E-state index is 13.3. The van der Waals surface area contributed by atoms with Crippen molar-refractivity contribution >= 4 is 16.6 Å². The molecular weight excluding hydrogens is 374 g/mol. The Balaban J connectivity index is 1.86. The summed E-state index contributed by atoms with van der Waals surface area (Å²) in [5.74, 6) is 6.70. The van der Waals surface area contributed by atoms with Crippen molar-refractivity contribution in [2.45, 2.75) is 33.2 Å². The van der Waals surface area contributed by atoms with Gasteiger partial charge in [-0.3, -0.25) is 14.3 Å².